The van der Waals surface area contributed by atoms with Crippen molar-refractivity contribution in [3.8, 4) is 0 Å². The minimum absolute atomic E-state index is 0.114. The molecule has 0 bridgehead atoms. The minimum atomic E-state index is -4.27. The summed E-state index contributed by atoms with van der Waals surface area (Å²) in [5.41, 5.74) is -0.755. The van der Waals surface area contributed by atoms with Gasteiger partial charge in [-0.25, -0.2) is 0 Å². The molecular formula is C9H11F3N2S. The Balaban J connectivity index is 3.06. The number of anilines is 1. The highest BCUT2D eigenvalue weighted by Gasteiger charge is 2.30. The van der Waals surface area contributed by atoms with E-state index in [4.69, 9.17) is 5.84 Å². The first kappa shape index (κ1) is 12.2. The van der Waals surface area contributed by atoms with Gasteiger partial charge in [-0.2, -0.15) is 13.2 Å². The molecule has 0 aliphatic rings. The van der Waals surface area contributed by atoms with E-state index in [9.17, 15) is 13.2 Å². The lowest BCUT2D eigenvalue weighted by Crippen LogP contribution is -2.10. The molecule has 1 aromatic rings. The van der Waals surface area contributed by atoms with Crippen LogP contribution in [-0.4, -0.2) is 5.51 Å². The number of nitrogens with two attached hydrogens (primary N) is 1. The van der Waals surface area contributed by atoms with Crippen LogP contribution in [-0.2, 0) is 6.42 Å². The average Bonchev–Trinajstić information content (AvgIpc) is 2.15. The van der Waals surface area contributed by atoms with E-state index in [1.165, 1.54) is 6.07 Å². The molecule has 0 atom stereocenters. The molecule has 0 aliphatic heterocycles. The second kappa shape index (κ2) is 4.76. The predicted molar refractivity (Wildman–Crippen MR) is 55.5 cm³/mol. The van der Waals surface area contributed by atoms with Crippen LogP contribution in [0.25, 0.3) is 0 Å². The van der Waals surface area contributed by atoms with Gasteiger partial charge in [0.05, 0.1) is 5.69 Å². The molecule has 0 saturated heterocycles. The van der Waals surface area contributed by atoms with Crippen molar-refractivity contribution in [2.45, 2.75) is 23.7 Å². The molecule has 0 radical (unpaired) electrons. The summed E-state index contributed by atoms with van der Waals surface area (Å²) in [6, 6.07) is 4.64. The van der Waals surface area contributed by atoms with Crippen LogP contribution in [0.1, 0.15) is 12.5 Å². The first-order valence-corrected chi connectivity index (χ1v) is 5.14. The van der Waals surface area contributed by atoms with Crippen LogP contribution < -0.4 is 11.3 Å². The van der Waals surface area contributed by atoms with Crippen molar-refractivity contribution in [3.63, 3.8) is 0 Å². The van der Waals surface area contributed by atoms with Crippen LogP contribution in [0.3, 0.4) is 0 Å². The fourth-order valence-corrected chi connectivity index (χ4v) is 2.06. The van der Waals surface area contributed by atoms with Crippen molar-refractivity contribution in [3.05, 3.63) is 23.8 Å². The summed E-state index contributed by atoms with van der Waals surface area (Å²) in [7, 11) is 0. The van der Waals surface area contributed by atoms with E-state index in [0.717, 1.165) is 0 Å². The maximum absolute atomic E-state index is 12.2. The van der Waals surface area contributed by atoms with Crippen LogP contribution in [0, 0.1) is 0 Å². The van der Waals surface area contributed by atoms with Gasteiger partial charge in [-0.15, -0.1) is 0 Å². The lowest BCUT2D eigenvalue weighted by atomic mass is 10.1. The van der Waals surface area contributed by atoms with Gasteiger partial charge in [-0.3, -0.25) is 5.84 Å². The summed E-state index contributed by atoms with van der Waals surface area (Å²) in [4.78, 5) is 0.195. The molecule has 0 fully saturated rings. The Morgan fingerprint density at radius 3 is 2.53 bits per heavy atom. The number of nitrogens with one attached hydrogen (secondary N) is 1. The number of hydrogen-bond acceptors (Lipinski definition) is 3. The summed E-state index contributed by atoms with van der Waals surface area (Å²) in [5, 5.41) is 0. The van der Waals surface area contributed by atoms with Crippen molar-refractivity contribution in [1.29, 1.82) is 0 Å². The smallest absolute Gasteiger partial charge is 0.324 e. The zero-order valence-electron chi connectivity index (χ0n) is 8.06. The number of halogens is 3. The number of benzene rings is 1. The van der Waals surface area contributed by atoms with E-state index < -0.39 is 5.51 Å². The number of rotatable bonds is 3. The van der Waals surface area contributed by atoms with Gasteiger partial charge in [0.25, 0.3) is 0 Å². The maximum atomic E-state index is 12.2. The number of nitrogen functional groups attached to an aromatic ring is 1. The van der Waals surface area contributed by atoms with Gasteiger partial charge in [0.1, 0.15) is 0 Å². The minimum Gasteiger partial charge on any atom is -0.324 e. The summed E-state index contributed by atoms with van der Waals surface area (Å²) >= 11 is -0.114. The second-order valence-corrected chi connectivity index (χ2v) is 3.93. The summed E-state index contributed by atoms with van der Waals surface area (Å²) in [5.74, 6) is 5.22. The van der Waals surface area contributed by atoms with Crippen molar-refractivity contribution in [2.24, 2.45) is 5.84 Å². The van der Waals surface area contributed by atoms with Crippen LogP contribution in [0.15, 0.2) is 23.1 Å². The van der Waals surface area contributed by atoms with Crippen LogP contribution in [0.4, 0.5) is 18.9 Å². The molecule has 0 spiro atoms. The largest absolute Gasteiger partial charge is 0.446 e. The van der Waals surface area contributed by atoms with Gasteiger partial charge in [0, 0.05) is 4.90 Å². The fraction of sp³-hybridized carbons (Fsp3) is 0.333. The first-order chi connectivity index (χ1) is 6.98. The summed E-state index contributed by atoms with van der Waals surface area (Å²) in [6.45, 7) is 1.79. The molecule has 6 heteroatoms. The van der Waals surface area contributed by atoms with E-state index >= 15 is 0 Å². The number of alkyl halides is 3. The highest BCUT2D eigenvalue weighted by Crippen LogP contribution is 2.40. The van der Waals surface area contributed by atoms with Gasteiger partial charge >= 0.3 is 5.51 Å². The van der Waals surface area contributed by atoms with Gasteiger partial charge in [0.2, 0.25) is 0 Å². The molecule has 84 valence electrons. The average molecular weight is 236 g/mol. The third-order valence-corrected chi connectivity index (χ3v) is 2.70. The van der Waals surface area contributed by atoms with Gasteiger partial charge < -0.3 is 5.43 Å². The standard InChI is InChI=1S/C9H11F3N2S/c1-2-6-7(14-13)4-3-5-8(6)15-9(10,11)12/h3-5,14H,2,13H2,1H3. The molecule has 2 nitrogen and oxygen atoms in total. The van der Waals surface area contributed by atoms with Crippen molar-refractivity contribution < 1.29 is 13.2 Å². The molecule has 0 aromatic heterocycles. The van der Waals surface area contributed by atoms with E-state index in [0.29, 0.717) is 17.7 Å². The second-order valence-electron chi connectivity index (χ2n) is 2.83. The number of hydrazine groups is 1. The molecule has 3 N–H and O–H groups in total. The van der Waals surface area contributed by atoms with Gasteiger partial charge in [-0.1, -0.05) is 13.0 Å². The normalized spacial score (nSPS) is 11.5. The van der Waals surface area contributed by atoms with Gasteiger partial charge in [0.15, 0.2) is 0 Å². The molecule has 1 aromatic carbocycles. The van der Waals surface area contributed by atoms with Crippen molar-refractivity contribution >= 4 is 17.4 Å². The number of hydrogen-bond donors (Lipinski definition) is 2. The van der Waals surface area contributed by atoms with Crippen molar-refractivity contribution in [2.75, 3.05) is 5.43 Å². The summed E-state index contributed by atoms with van der Waals surface area (Å²) < 4.78 is 36.6. The molecule has 15 heavy (non-hydrogen) atoms. The molecule has 0 unspecified atom stereocenters. The van der Waals surface area contributed by atoms with E-state index in [1.807, 2.05) is 0 Å². The topological polar surface area (TPSA) is 38.0 Å². The monoisotopic (exact) mass is 236 g/mol. The highest BCUT2D eigenvalue weighted by molar-refractivity contribution is 8.00. The van der Waals surface area contributed by atoms with E-state index in [-0.39, 0.29) is 16.7 Å². The van der Waals surface area contributed by atoms with Gasteiger partial charge in [-0.05, 0) is 35.9 Å². The zero-order valence-corrected chi connectivity index (χ0v) is 8.88. The Morgan fingerprint density at radius 2 is 2.07 bits per heavy atom. The SMILES string of the molecule is CCc1c(NN)cccc1SC(F)(F)F. The van der Waals surface area contributed by atoms with Crippen LogP contribution in [0.2, 0.25) is 0 Å². The van der Waals surface area contributed by atoms with Crippen molar-refractivity contribution in [1.82, 2.24) is 0 Å². The lowest BCUT2D eigenvalue weighted by Gasteiger charge is -2.13. The molecule has 0 amide bonds. The number of thioether (sulfide) groups is 1. The Kier molecular flexibility index (Phi) is 3.87. The third kappa shape index (κ3) is 3.32. The van der Waals surface area contributed by atoms with Crippen LogP contribution >= 0.6 is 11.8 Å². The molecule has 0 heterocycles. The maximum Gasteiger partial charge on any atom is 0.446 e. The zero-order chi connectivity index (χ0) is 11.5. The predicted octanol–water partition coefficient (Wildman–Crippen LogP) is 3.15. The molecule has 0 saturated carbocycles. The third-order valence-electron chi connectivity index (χ3n) is 1.87. The van der Waals surface area contributed by atoms with E-state index in [2.05, 4.69) is 5.43 Å². The summed E-state index contributed by atoms with van der Waals surface area (Å²) in [6.07, 6.45) is 0.499. The molecular weight excluding hydrogens is 225 g/mol. The lowest BCUT2D eigenvalue weighted by molar-refractivity contribution is -0.0328. The highest BCUT2D eigenvalue weighted by atomic mass is 32.2. The Labute approximate surface area is 90.0 Å². The fourth-order valence-electron chi connectivity index (χ4n) is 1.29. The van der Waals surface area contributed by atoms with E-state index in [1.54, 1.807) is 19.1 Å². The quantitative estimate of drug-likeness (QED) is 0.481. The van der Waals surface area contributed by atoms with Crippen LogP contribution in [0.5, 0.6) is 0 Å². The molecule has 1 rings (SSSR count). The Morgan fingerprint density at radius 1 is 1.40 bits per heavy atom. The first-order valence-electron chi connectivity index (χ1n) is 4.32. The molecule has 0 aliphatic carbocycles. The Hall–Kier alpha value is -0.880. The Bertz CT molecular complexity index is 339.